The number of benzene rings is 2. The number of phenolic OH excluding ortho intramolecular Hbond substituents is 1. The molecule has 2 nitrogen and oxygen atoms in total. The van der Waals surface area contributed by atoms with Gasteiger partial charge in [-0.2, -0.15) is 0 Å². The highest BCUT2D eigenvalue weighted by Gasteiger charge is 2.03. The molecule has 0 heterocycles. The lowest BCUT2D eigenvalue weighted by Crippen LogP contribution is -2.01. The quantitative estimate of drug-likeness (QED) is 0.890. The maximum Gasteiger partial charge on any atom is 0.128 e. The highest BCUT2D eigenvalue weighted by molar-refractivity contribution is 9.10. The Morgan fingerprint density at radius 1 is 1.22 bits per heavy atom. The smallest absolute Gasteiger partial charge is 0.128 e. The SMILES string of the molecule is Cc1ccc(NCc2cc(Br)ccc2F)cc1O. The van der Waals surface area contributed by atoms with Gasteiger partial charge in [0.1, 0.15) is 11.6 Å². The van der Waals surface area contributed by atoms with Crippen LogP contribution in [0.3, 0.4) is 0 Å². The van der Waals surface area contributed by atoms with Gasteiger partial charge in [0, 0.05) is 28.3 Å². The lowest BCUT2D eigenvalue weighted by molar-refractivity contribution is 0.471. The molecular weight excluding hydrogens is 297 g/mol. The van der Waals surface area contributed by atoms with E-state index >= 15 is 0 Å². The zero-order valence-corrected chi connectivity index (χ0v) is 11.5. The third-order valence-electron chi connectivity index (χ3n) is 2.70. The van der Waals surface area contributed by atoms with Gasteiger partial charge in [-0.05, 0) is 36.8 Å². The molecule has 0 saturated carbocycles. The van der Waals surface area contributed by atoms with Crippen LogP contribution >= 0.6 is 15.9 Å². The molecule has 0 radical (unpaired) electrons. The first kappa shape index (κ1) is 12.9. The van der Waals surface area contributed by atoms with Crippen LogP contribution in [0.1, 0.15) is 11.1 Å². The number of nitrogens with one attached hydrogen (secondary N) is 1. The highest BCUT2D eigenvalue weighted by atomic mass is 79.9. The molecule has 0 aromatic heterocycles. The van der Waals surface area contributed by atoms with Gasteiger partial charge in [0.15, 0.2) is 0 Å². The Morgan fingerprint density at radius 3 is 2.72 bits per heavy atom. The van der Waals surface area contributed by atoms with E-state index in [1.807, 2.05) is 19.1 Å². The maximum absolute atomic E-state index is 13.5. The summed E-state index contributed by atoms with van der Waals surface area (Å²) in [5.41, 5.74) is 2.15. The summed E-state index contributed by atoms with van der Waals surface area (Å²) >= 11 is 3.31. The number of anilines is 1. The fourth-order valence-electron chi connectivity index (χ4n) is 1.60. The summed E-state index contributed by atoms with van der Waals surface area (Å²) in [6, 6.07) is 10.1. The van der Waals surface area contributed by atoms with Crippen molar-refractivity contribution in [3.05, 3.63) is 57.8 Å². The van der Waals surface area contributed by atoms with Gasteiger partial charge in [-0.25, -0.2) is 4.39 Å². The zero-order chi connectivity index (χ0) is 13.1. The number of aryl methyl sites for hydroxylation is 1. The Morgan fingerprint density at radius 2 is 2.00 bits per heavy atom. The van der Waals surface area contributed by atoms with Crippen LogP contribution in [0.5, 0.6) is 5.75 Å². The zero-order valence-electron chi connectivity index (χ0n) is 9.87. The number of hydrogen-bond donors (Lipinski definition) is 2. The van der Waals surface area contributed by atoms with E-state index in [2.05, 4.69) is 21.2 Å². The minimum atomic E-state index is -0.248. The topological polar surface area (TPSA) is 32.3 Å². The summed E-state index contributed by atoms with van der Waals surface area (Å²) in [6.07, 6.45) is 0. The van der Waals surface area contributed by atoms with Crippen molar-refractivity contribution >= 4 is 21.6 Å². The van der Waals surface area contributed by atoms with E-state index in [1.54, 1.807) is 18.2 Å². The molecule has 0 aliphatic carbocycles. The van der Waals surface area contributed by atoms with E-state index < -0.39 is 0 Å². The van der Waals surface area contributed by atoms with Crippen molar-refractivity contribution in [2.45, 2.75) is 13.5 Å². The van der Waals surface area contributed by atoms with Crippen LogP contribution in [0.15, 0.2) is 40.9 Å². The van der Waals surface area contributed by atoms with Crippen molar-refractivity contribution in [3.8, 4) is 5.75 Å². The van der Waals surface area contributed by atoms with E-state index in [1.165, 1.54) is 6.07 Å². The first-order chi connectivity index (χ1) is 8.56. The fourth-order valence-corrected chi connectivity index (χ4v) is 2.00. The Hall–Kier alpha value is -1.55. The molecule has 0 bridgehead atoms. The standard InChI is InChI=1S/C14H13BrFNO/c1-9-2-4-12(7-14(9)18)17-8-10-6-11(15)3-5-13(10)16/h2-7,17-18H,8H2,1H3. The molecule has 0 unspecified atom stereocenters. The number of aromatic hydroxyl groups is 1. The summed E-state index contributed by atoms with van der Waals surface area (Å²) in [6.45, 7) is 2.20. The molecule has 0 amide bonds. The molecule has 0 aliphatic heterocycles. The predicted molar refractivity (Wildman–Crippen MR) is 74.3 cm³/mol. The molecule has 2 rings (SSSR count). The Bertz CT molecular complexity index is 572. The molecule has 94 valence electrons. The summed E-state index contributed by atoms with van der Waals surface area (Å²) in [5, 5.41) is 12.7. The molecule has 0 saturated heterocycles. The summed E-state index contributed by atoms with van der Waals surface area (Å²) in [4.78, 5) is 0. The molecule has 4 heteroatoms. The largest absolute Gasteiger partial charge is 0.508 e. The molecule has 0 atom stereocenters. The molecule has 0 spiro atoms. The van der Waals surface area contributed by atoms with Crippen LogP contribution in [-0.4, -0.2) is 5.11 Å². The minimum absolute atomic E-state index is 0.231. The highest BCUT2D eigenvalue weighted by Crippen LogP contribution is 2.22. The van der Waals surface area contributed by atoms with Crippen LogP contribution in [0.4, 0.5) is 10.1 Å². The number of phenols is 1. The molecule has 2 aromatic rings. The Kier molecular flexibility index (Phi) is 3.87. The van der Waals surface area contributed by atoms with Crippen molar-refractivity contribution in [1.82, 2.24) is 0 Å². The number of hydrogen-bond acceptors (Lipinski definition) is 2. The first-order valence-corrected chi connectivity index (χ1v) is 6.33. The van der Waals surface area contributed by atoms with E-state index in [9.17, 15) is 9.50 Å². The van der Waals surface area contributed by atoms with E-state index in [0.29, 0.717) is 12.1 Å². The molecule has 2 aromatic carbocycles. The fraction of sp³-hybridized carbons (Fsp3) is 0.143. The van der Waals surface area contributed by atoms with Gasteiger partial charge >= 0.3 is 0 Å². The van der Waals surface area contributed by atoms with Gasteiger partial charge in [0.05, 0.1) is 0 Å². The van der Waals surface area contributed by atoms with Crippen molar-refractivity contribution in [1.29, 1.82) is 0 Å². The lowest BCUT2D eigenvalue weighted by Gasteiger charge is -2.09. The summed E-state index contributed by atoms with van der Waals surface area (Å²) < 4.78 is 14.3. The number of rotatable bonds is 3. The molecule has 0 fully saturated rings. The lowest BCUT2D eigenvalue weighted by atomic mass is 10.2. The van der Waals surface area contributed by atoms with Crippen molar-refractivity contribution in [2.75, 3.05) is 5.32 Å². The third-order valence-corrected chi connectivity index (χ3v) is 3.19. The van der Waals surface area contributed by atoms with Crippen LogP contribution in [0.2, 0.25) is 0 Å². The van der Waals surface area contributed by atoms with E-state index in [4.69, 9.17) is 0 Å². The van der Waals surface area contributed by atoms with E-state index in [0.717, 1.165) is 15.7 Å². The van der Waals surface area contributed by atoms with Crippen LogP contribution in [0.25, 0.3) is 0 Å². The average molecular weight is 310 g/mol. The molecule has 2 N–H and O–H groups in total. The first-order valence-electron chi connectivity index (χ1n) is 5.53. The van der Waals surface area contributed by atoms with Crippen LogP contribution < -0.4 is 5.32 Å². The predicted octanol–water partition coefficient (Wildman–Crippen LogP) is 4.21. The second-order valence-corrected chi connectivity index (χ2v) is 5.01. The van der Waals surface area contributed by atoms with Gasteiger partial charge < -0.3 is 10.4 Å². The second kappa shape index (κ2) is 5.40. The Labute approximate surface area is 114 Å². The monoisotopic (exact) mass is 309 g/mol. The molecule has 18 heavy (non-hydrogen) atoms. The average Bonchev–Trinajstić information content (AvgIpc) is 2.34. The van der Waals surface area contributed by atoms with Gasteiger partial charge in [0.2, 0.25) is 0 Å². The number of halogens is 2. The van der Waals surface area contributed by atoms with Crippen molar-refractivity contribution in [3.63, 3.8) is 0 Å². The van der Waals surface area contributed by atoms with Crippen molar-refractivity contribution < 1.29 is 9.50 Å². The normalized spacial score (nSPS) is 10.4. The molecule has 0 aliphatic rings. The van der Waals surface area contributed by atoms with Gasteiger partial charge in [-0.1, -0.05) is 22.0 Å². The van der Waals surface area contributed by atoms with Crippen LogP contribution in [0, 0.1) is 12.7 Å². The second-order valence-electron chi connectivity index (χ2n) is 4.09. The third kappa shape index (κ3) is 3.01. The van der Waals surface area contributed by atoms with Gasteiger partial charge in [0.25, 0.3) is 0 Å². The Balaban J connectivity index is 2.11. The van der Waals surface area contributed by atoms with E-state index in [-0.39, 0.29) is 11.6 Å². The maximum atomic E-state index is 13.5. The summed E-state index contributed by atoms with van der Waals surface area (Å²) in [5.74, 6) is -0.0169. The van der Waals surface area contributed by atoms with Crippen LogP contribution in [-0.2, 0) is 6.54 Å². The van der Waals surface area contributed by atoms with Gasteiger partial charge in [-0.3, -0.25) is 0 Å². The van der Waals surface area contributed by atoms with Crippen molar-refractivity contribution in [2.24, 2.45) is 0 Å². The summed E-state index contributed by atoms with van der Waals surface area (Å²) in [7, 11) is 0. The molecular formula is C14H13BrFNO. The minimum Gasteiger partial charge on any atom is -0.508 e. The van der Waals surface area contributed by atoms with Gasteiger partial charge in [-0.15, -0.1) is 0 Å².